The second-order valence-corrected chi connectivity index (χ2v) is 5.93. The lowest BCUT2D eigenvalue weighted by Crippen LogP contribution is -2.44. The lowest BCUT2D eigenvalue weighted by atomic mass is 10.0. The van der Waals surface area contributed by atoms with Gasteiger partial charge in [-0.1, -0.05) is 26.0 Å². The number of nitrogens with zero attached hydrogens (tertiary/aromatic N) is 1. The fourth-order valence-electron chi connectivity index (χ4n) is 2.37. The van der Waals surface area contributed by atoms with Gasteiger partial charge in [-0.15, -0.1) is 0 Å². The van der Waals surface area contributed by atoms with Crippen molar-refractivity contribution in [3.8, 4) is 11.1 Å². The molecule has 0 aliphatic carbocycles. The third kappa shape index (κ3) is 5.08. The average Bonchev–Trinajstić information content (AvgIpc) is 2.55. The number of amides is 2. The van der Waals surface area contributed by atoms with Gasteiger partial charge in [0.05, 0.1) is 0 Å². The molecule has 0 fully saturated rings. The highest BCUT2D eigenvalue weighted by Crippen LogP contribution is 2.20. The summed E-state index contributed by atoms with van der Waals surface area (Å²) in [6, 6.07) is 10.4. The average molecular weight is 327 g/mol. The number of rotatable bonds is 6. The first-order chi connectivity index (χ1) is 11.5. The number of aromatic nitrogens is 1. The lowest BCUT2D eigenvalue weighted by Gasteiger charge is -2.18. The molecule has 2 aromatic rings. The van der Waals surface area contributed by atoms with Crippen molar-refractivity contribution in [3.63, 3.8) is 0 Å². The first kappa shape index (κ1) is 17.5. The van der Waals surface area contributed by atoms with E-state index in [1.807, 2.05) is 38.1 Å². The number of hydrogen-bond acceptors (Lipinski definition) is 3. The smallest absolute Gasteiger partial charge is 0.405 e. The van der Waals surface area contributed by atoms with Crippen molar-refractivity contribution in [1.29, 1.82) is 0 Å². The molecule has 0 bridgehead atoms. The normalized spacial score (nSPS) is 11.8. The highest BCUT2D eigenvalue weighted by molar-refractivity contribution is 5.96. The van der Waals surface area contributed by atoms with Crippen LogP contribution in [0, 0.1) is 5.92 Å². The van der Waals surface area contributed by atoms with E-state index in [2.05, 4.69) is 15.6 Å². The SMILES string of the molecule is CC(C)C[C@@H](NC(=O)O)C(=O)Nc1ccc(-c2ccncc2)cc1. The van der Waals surface area contributed by atoms with Crippen LogP contribution in [0.15, 0.2) is 48.8 Å². The van der Waals surface area contributed by atoms with Gasteiger partial charge >= 0.3 is 6.09 Å². The quantitative estimate of drug-likeness (QED) is 0.758. The lowest BCUT2D eigenvalue weighted by molar-refractivity contribution is -0.118. The van der Waals surface area contributed by atoms with Gasteiger partial charge in [0.15, 0.2) is 0 Å². The summed E-state index contributed by atoms with van der Waals surface area (Å²) in [7, 11) is 0. The van der Waals surface area contributed by atoms with E-state index in [1.165, 1.54) is 0 Å². The highest BCUT2D eigenvalue weighted by atomic mass is 16.4. The fraction of sp³-hybridized carbons (Fsp3) is 0.278. The van der Waals surface area contributed by atoms with Crippen LogP contribution in [-0.4, -0.2) is 28.1 Å². The molecule has 2 rings (SSSR count). The van der Waals surface area contributed by atoms with Crippen LogP contribution in [0.3, 0.4) is 0 Å². The summed E-state index contributed by atoms with van der Waals surface area (Å²) < 4.78 is 0. The summed E-state index contributed by atoms with van der Waals surface area (Å²) in [4.78, 5) is 27.1. The van der Waals surface area contributed by atoms with E-state index in [9.17, 15) is 9.59 Å². The van der Waals surface area contributed by atoms with Crippen LogP contribution in [0.25, 0.3) is 11.1 Å². The van der Waals surface area contributed by atoms with Gasteiger partial charge in [0, 0.05) is 18.1 Å². The molecule has 3 N–H and O–H groups in total. The Morgan fingerprint density at radius 2 is 1.62 bits per heavy atom. The topological polar surface area (TPSA) is 91.3 Å². The minimum absolute atomic E-state index is 0.196. The van der Waals surface area contributed by atoms with Gasteiger partial charge in [0.2, 0.25) is 5.91 Å². The molecule has 2 amide bonds. The molecule has 6 heteroatoms. The zero-order chi connectivity index (χ0) is 17.5. The van der Waals surface area contributed by atoms with Crippen LogP contribution in [0.1, 0.15) is 20.3 Å². The summed E-state index contributed by atoms with van der Waals surface area (Å²) in [5.41, 5.74) is 2.67. The molecule has 126 valence electrons. The molecule has 0 aliphatic rings. The van der Waals surface area contributed by atoms with E-state index in [1.54, 1.807) is 24.5 Å². The number of carboxylic acid groups (broad SMARTS) is 1. The predicted molar refractivity (Wildman–Crippen MR) is 92.7 cm³/mol. The van der Waals surface area contributed by atoms with Gasteiger partial charge in [-0.2, -0.15) is 0 Å². The summed E-state index contributed by atoms with van der Waals surface area (Å²) in [5, 5.41) is 13.9. The zero-order valence-corrected chi connectivity index (χ0v) is 13.7. The zero-order valence-electron chi connectivity index (χ0n) is 13.7. The molecule has 1 aromatic heterocycles. The molecule has 0 saturated carbocycles. The van der Waals surface area contributed by atoms with Crippen molar-refractivity contribution in [1.82, 2.24) is 10.3 Å². The maximum Gasteiger partial charge on any atom is 0.405 e. The Labute approximate surface area is 140 Å². The molecule has 24 heavy (non-hydrogen) atoms. The monoisotopic (exact) mass is 327 g/mol. The first-order valence-electron chi connectivity index (χ1n) is 7.76. The van der Waals surface area contributed by atoms with Crippen LogP contribution >= 0.6 is 0 Å². The van der Waals surface area contributed by atoms with E-state index in [0.29, 0.717) is 12.1 Å². The maximum atomic E-state index is 12.3. The van der Waals surface area contributed by atoms with E-state index >= 15 is 0 Å². The maximum absolute atomic E-state index is 12.3. The van der Waals surface area contributed by atoms with Crippen molar-refractivity contribution in [2.45, 2.75) is 26.3 Å². The van der Waals surface area contributed by atoms with E-state index in [-0.39, 0.29) is 11.8 Å². The molecule has 0 saturated heterocycles. The van der Waals surface area contributed by atoms with E-state index < -0.39 is 12.1 Å². The van der Waals surface area contributed by atoms with Gasteiger partial charge in [0.1, 0.15) is 6.04 Å². The van der Waals surface area contributed by atoms with Gasteiger partial charge in [-0.3, -0.25) is 9.78 Å². The van der Waals surface area contributed by atoms with Crippen LogP contribution in [0.4, 0.5) is 10.5 Å². The second kappa shape index (κ2) is 8.10. The van der Waals surface area contributed by atoms with Crippen LogP contribution < -0.4 is 10.6 Å². The number of pyridine rings is 1. The predicted octanol–water partition coefficient (Wildman–Crippen LogP) is 3.37. The molecule has 0 aliphatic heterocycles. The molecular weight excluding hydrogens is 306 g/mol. The molecule has 0 spiro atoms. The number of nitrogens with one attached hydrogen (secondary N) is 2. The van der Waals surface area contributed by atoms with E-state index in [0.717, 1.165) is 11.1 Å². The summed E-state index contributed by atoms with van der Waals surface area (Å²) >= 11 is 0. The van der Waals surface area contributed by atoms with Crippen LogP contribution in [-0.2, 0) is 4.79 Å². The number of anilines is 1. The fourth-order valence-corrected chi connectivity index (χ4v) is 2.37. The Hall–Kier alpha value is -2.89. The Morgan fingerprint density at radius 1 is 1.04 bits per heavy atom. The number of hydrogen-bond donors (Lipinski definition) is 3. The number of benzene rings is 1. The highest BCUT2D eigenvalue weighted by Gasteiger charge is 2.21. The number of carbonyl (C=O) groups is 2. The van der Waals surface area contributed by atoms with Crippen LogP contribution in [0.5, 0.6) is 0 Å². The standard InChI is InChI=1S/C18H21N3O3/c1-12(2)11-16(21-18(23)24)17(22)20-15-5-3-13(4-6-15)14-7-9-19-10-8-14/h3-10,12,16,21H,11H2,1-2H3,(H,20,22)(H,23,24)/t16-/m1/s1. The minimum atomic E-state index is -1.20. The van der Waals surface area contributed by atoms with E-state index in [4.69, 9.17) is 5.11 Å². The third-order valence-corrected chi connectivity index (χ3v) is 3.49. The molecular formula is C18H21N3O3. The van der Waals surface area contributed by atoms with Gasteiger partial charge in [-0.05, 0) is 47.7 Å². The van der Waals surface area contributed by atoms with Crippen LogP contribution in [0.2, 0.25) is 0 Å². The largest absolute Gasteiger partial charge is 0.465 e. The summed E-state index contributed by atoms with van der Waals surface area (Å²) in [6.07, 6.45) is 2.68. The van der Waals surface area contributed by atoms with Crippen molar-refractivity contribution >= 4 is 17.7 Å². The Kier molecular flexibility index (Phi) is 5.89. The molecule has 1 aromatic carbocycles. The molecule has 0 radical (unpaired) electrons. The Morgan fingerprint density at radius 3 is 2.17 bits per heavy atom. The van der Waals surface area contributed by atoms with Crippen molar-refractivity contribution in [3.05, 3.63) is 48.8 Å². The van der Waals surface area contributed by atoms with Crippen molar-refractivity contribution in [2.24, 2.45) is 5.92 Å². The molecule has 1 heterocycles. The molecule has 0 unspecified atom stereocenters. The Bertz CT molecular complexity index is 684. The number of carbonyl (C=O) groups excluding carboxylic acids is 1. The molecule has 1 atom stereocenters. The summed E-state index contributed by atoms with van der Waals surface area (Å²) in [6.45, 7) is 3.88. The minimum Gasteiger partial charge on any atom is -0.465 e. The van der Waals surface area contributed by atoms with Gasteiger partial charge in [-0.25, -0.2) is 4.79 Å². The third-order valence-electron chi connectivity index (χ3n) is 3.49. The summed E-state index contributed by atoms with van der Waals surface area (Å²) in [5.74, 6) is -0.163. The Balaban J connectivity index is 2.06. The molecule has 6 nitrogen and oxygen atoms in total. The van der Waals surface area contributed by atoms with Crippen molar-refractivity contribution in [2.75, 3.05) is 5.32 Å². The van der Waals surface area contributed by atoms with Crippen molar-refractivity contribution < 1.29 is 14.7 Å². The second-order valence-electron chi connectivity index (χ2n) is 5.93. The first-order valence-corrected chi connectivity index (χ1v) is 7.76. The van der Waals surface area contributed by atoms with Gasteiger partial charge < -0.3 is 15.7 Å². The van der Waals surface area contributed by atoms with Gasteiger partial charge in [0.25, 0.3) is 0 Å².